The molecular formula is C13H19BrN4O. The maximum atomic E-state index is 8.73. The molecule has 6 heteroatoms. The van der Waals surface area contributed by atoms with Crippen LogP contribution in [0.15, 0.2) is 22.9 Å². The van der Waals surface area contributed by atoms with Crippen LogP contribution in [-0.2, 0) is 0 Å². The van der Waals surface area contributed by atoms with Gasteiger partial charge in [0.25, 0.3) is 0 Å². The summed E-state index contributed by atoms with van der Waals surface area (Å²) in [6.07, 6.45) is 7.79. The number of aromatic nitrogens is 3. The first-order chi connectivity index (χ1) is 9.20. The van der Waals surface area contributed by atoms with Gasteiger partial charge in [0.1, 0.15) is 5.82 Å². The molecule has 2 aromatic heterocycles. The molecule has 0 aliphatic heterocycles. The van der Waals surface area contributed by atoms with Gasteiger partial charge in [-0.2, -0.15) is 5.10 Å². The predicted molar refractivity (Wildman–Crippen MR) is 79.3 cm³/mol. The van der Waals surface area contributed by atoms with Gasteiger partial charge < -0.3 is 10.4 Å². The molecule has 0 aromatic carbocycles. The second-order valence-corrected chi connectivity index (χ2v) is 5.55. The zero-order valence-electron chi connectivity index (χ0n) is 11.0. The third-order valence-corrected chi connectivity index (χ3v) is 3.57. The summed E-state index contributed by atoms with van der Waals surface area (Å²) < 4.78 is 2.63. The van der Waals surface area contributed by atoms with Crippen LogP contribution in [-0.4, -0.2) is 32.4 Å². The van der Waals surface area contributed by atoms with Gasteiger partial charge in [0, 0.05) is 18.8 Å². The third kappa shape index (κ3) is 3.91. The summed E-state index contributed by atoms with van der Waals surface area (Å²) in [5.74, 6) is 0.864. The Morgan fingerprint density at radius 3 is 3.05 bits per heavy atom. The predicted octanol–water partition coefficient (Wildman–Crippen LogP) is 2.84. The van der Waals surface area contributed by atoms with Crippen molar-refractivity contribution in [3.8, 4) is 0 Å². The topological polar surface area (TPSA) is 62.5 Å². The van der Waals surface area contributed by atoms with E-state index in [9.17, 15) is 0 Å². The number of nitrogens with one attached hydrogen (secondary N) is 1. The normalized spacial score (nSPS) is 12.8. The largest absolute Gasteiger partial charge is 0.396 e. The van der Waals surface area contributed by atoms with Crippen LogP contribution in [0.25, 0.3) is 5.65 Å². The Hall–Kier alpha value is -1.14. The number of hydrogen-bond donors (Lipinski definition) is 2. The lowest BCUT2D eigenvalue weighted by Crippen LogP contribution is -2.16. The maximum absolute atomic E-state index is 8.73. The number of nitrogens with zero attached hydrogens (tertiary/aromatic N) is 3. The first-order valence-electron chi connectivity index (χ1n) is 6.58. The van der Waals surface area contributed by atoms with Gasteiger partial charge in [-0.1, -0.05) is 12.8 Å². The number of aliphatic hydroxyl groups excluding tert-OH is 1. The van der Waals surface area contributed by atoms with Gasteiger partial charge in [0.15, 0.2) is 5.65 Å². The van der Waals surface area contributed by atoms with Crippen LogP contribution in [0.2, 0.25) is 0 Å². The quantitative estimate of drug-likeness (QED) is 0.768. The molecular weight excluding hydrogens is 308 g/mol. The van der Waals surface area contributed by atoms with E-state index in [-0.39, 0.29) is 6.61 Å². The second-order valence-electron chi connectivity index (χ2n) is 4.69. The molecule has 0 radical (unpaired) electrons. The molecule has 0 saturated carbocycles. The Bertz CT molecular complexity index is 528. The lowest BCUT2D eigenvalue weighted by molar-refractivity contribution is 0.282. The van der Waals surface area contributed by atoms with E-state index in [0.29, 0.717) is 6.04 Å². The molecule has 0 bridgehead atoms. The molecule has 0 fully saturated rings. The Labute approximate surface area is 121 Å². The van der Waals surface area contributed by atoms with E-state index in [4.69, 9.17) is 5.11 Å². The average molecular weight is 327 g/mol. The zero-order chi connectivity index (χ0) is 13.7. The van der Waals surface area contributed by atoms with E-state index in [2.05, 4.69) is 38.3 Å². The molecule has 2 N–H and O–H groups in total. The third-order valence-electron chi connectivity index (χ3n) is 3.02. The molecule has 0 aliphatic carbocycles. The molecule has 1 unspecified atom stereocenters. The molecule has 2 rings (SSSR count). The fraction of sp³-hybridized carbons (Fsp3) is 0.538. The fourth-order valence-electron chi connectivity index (χ4n) is 1.99. The van der Waals surface area contributed by atoms with Crippen LogP contribution in [0.1, 0.15) is 32.6 Å². The van der Waals surface area contributed by atoms with Crippen molar-refractivity contribution in [1.82, 2.24) is 14.6 Å². The number of halogens is 1. The fourth-order valence-corrected chi connectivity index (χ4v) is 2.35. The molecule has 0 saturated heterocycles. The van der Waals surface area contributed by atoms with Crippen molar-refractivity contribution in [3.63, 3.8) is 0 Å². The lowest BCUT2D eigenvalue weighted by atomic mass is 10.1. The number of anilines is 1. The van der Waals surface area contributed by atoms with E-state index < -0.39 is 0 Å². The van der Waals surface area contributed by atoms with Crippen molar-refractivity contribution in [2.24, 2.45) is 0 Å². The molecule has 19 heavy (non-hydrogen) atoms. The van der Waals surface area contributed by atoms with Crippen LogP contribution in [0.5, 0.6) is 0 Å². The van der Waals surface area contributed by atoms with Gasteiger partial charge >= 0.3 is 0 Å². The average Bonchev–Trinajstić information content (AvgIpc) is 2.76. The molecule has 2 heterocycles. The highest BCUT2D eigenvalue weighted by molar-refractivity contribution is 9.10. The first-order valence-corrected chi connectivity index (χ1v) is 7.37. The van der Waals surface area contributed by atoms with Crippen LogP contribution in [0.4, 0.5) is 5.82 Å². The number of hydrogen-bond acceptors (Lipinski definition) is 4. The Morgan fingerprint density at radius 1 is 1.42 bits per heavy atom. The molecule has 0 aliphatic rings. The van der Waals surface area contributed by atoms with Crippen molar-refractivity contribution in [2.45, 2.75) is 38.6 Å². The standard InChI is InChI=1S/C13H19BrN4O/c1-10(5-3-2-4-8-19)16-12-6-7-18-13(17-12)11(14)9-15-18/h6-7,9-10,19H,2-5,8H2,1H3,(H,16,17). The molecule has 1 atom stereocenters. The van der Waals surface area contributed by atoms with Gasteiger partial charge in [-0.25, -0.2) is 9.50 Å². The van der Waals surface area contributed by atoms with E-state index in [1.54, 1.807) is 10.7 Å². The van der Waals surface area contributed by atoms with Crippen molar-refractivity contribution < 1.29 is 5.11 Å². The molecule has 5 nitrogen and oxygen atoms in total. The first kappa shape index (κ1) is 14.3. The highest BCUT2D eigenvalue weighted by Gasteiger charge is 2.06. The summed E-state index contributed by atoms with van der Waals surface area (Å²) >= 11 is 3.43. The van der Waals surface area contributed by atoms with Crippen LogP contribution < -0.4 is 5.32 Å². The minimum atomic E-state index is 0.287. The lowest BCUT2D eigenvalue weighted by Gasteiger charge is -2.14. The highest BCUT2D eigenvalue weighted by atomic mass is 79.9. The van der Waals surface area contributed by atoms with Gasteiger partial charge in [0.2, 0.25) is 0 Å². The molecule has 2 aromatic rings. The van der Waals surface area contributed by atoms with Crippen molar-refractivity contribution in [1.29, 1.82) is 0 Å². The SMILES string of the molecule is CC(CCCCCO)Nc1ccn2ncc(Br)c2n1. The Kier molecular flexibility index (Phi) is 5.15. The number of fused-ring (bicyclic) bond motifs is 1. The van der Waals surface area contributed by atoms with Crippen molar-refractivity contribution in [3.05, 3.63) is 22.9 Å². The Balaban J connectivity index is 1.91. The highest BCUT2D eigenvalue weighted by Crippen LogP contribution is 2.17. The number of rotatable bonds is 7. The van der Waals surface area contributed by atoms with Crippen LogP contribution in [0.3, 0.4) is 0 Å². The maximum Gasteiger partial charge on any atom is 0.171 e. The minimum Gasteiger partial charge on any atom is -0.396 e. The van der Waals surface area contributed by atoms with Gasteiger partial charge in [0.05, 0.1) is 10.7 Å². The summed E-state index contributed by atoms with van der Waals surface area (Å²) in [4.78, 5) is 4.52. The molecule has 0 spiro atoms. The summed E-state index contributed by atoms with van der Waals surface area (Å²) in [5, 5.41) is 16.3. The minimum absolute atomic E-state index is 0.287. The van der Waals surface area contributed by atoms with E-state index in [0.717, 1.165) is 41.6 Å². The Morgan fingerprint density at radius 2 is 2.26 bits per heavy atom. The van der Waals surface area contributed by atoms with Gasteiger partial charge in [-0.05, 0) is 41.8 Å². The summed E-state index contributed by atoms with van der Waals surface area (Å²) in [6, 6.07) is 2.30. The summed E-state index contributed by atoms with van der Waals surface area (Å²) in [5.41, 5.74) is 0.817. The molecule has 104 valence electrons. The van der Waals surface area contributed by atoms with E-state index in [1.807, 2.05) is 12.3 Å². The number of aliphatic hydroxyl groups is 1. The van der Waals surface area contributed by atoms with Crippen LogP contribution >= 0.6 is 15.9 Å². The van der Waals surface area contributed by atoms with E-state index in [1.165, 1.54) is 0 Å². The van der Waals surface area contributed by atoms with Gasteiger partial charge in [-0.3, -0.25) is 0 Å². The van der Waals surface area contributed by atoms with Crippen LogP contribution in [0, 0.1) is 0 Å². The van der Waals surface area contributed by atoms with E-state index >= 15 is 0 Å². The summed E-state index contributed by atoms with van der Waals surface area (Å²) in [6.45, 7) is 2.44. The molecule has 0 amide bonds. The monoisotopic (exact) mass is 326 g/mol. The smallest absolute Gasteiger partial charge is 0.171 e. The van der Waals surface area contributed by atoms with Crippen molar-refractivity contribution >= 4 is 27.4 Å². The number of unbranched alkanes of at least 4 members (excludes halogenated alkanes) is 2. The zero-order valence-corrected chi connectivity index (χ0v) is 12.6. The van der Waals surface area contributed by atoms with Crippen molar-refractivity contribution in [2.75, 3.05) is 11.9 Å². The van der Waals surface area contributed by atoms with Gasteiger partial charge in [-0.15, -0.1) is 0 Å². The second kappa shape index (κ2) is 6.86. The summed E-state index contributed by atoms with van der Waals surface area (Å²) in [7, 11) is 0.